The van der Waals surface area contributed by atoms with E-state index >= 15 is 0 Å². The van der Waals surface area contributed by atoms with Gasteiger partial charge in [-0.2, -0.15) is 5.26 Å². The van der Waals surface area contributed by atoms with E-state index in [2.05, 4.69) is 20.5 Å². The molecule has 1 aliphatic rings. The summed E-state index contributed by atoms with van der Waals surface area (Å²) in [5.41, 5.74) is 1.44. The fourth-order valence-corrected chi connectivity index (χ4v) is 2.03. The van der Waals surface area contributed by atoms with Crippen molar-refractivity contribution in [2.45, 2.75) is 6.42 Å². The minimum atomic E-state index is 0.460. The van der Waals surface area contributed by atoms with E-state index in [1.165, 1.54) is 0 Å². The third kappa shape index (κ3) is 3.99. The summed E-state index contributed by atoms with van der Waals surface area (Å²) in [6, 6.07) is 5.65. The monoisotopic (exact) mass is 245 g/mol. The second-order valence-electron chi connectivity index (χ2n) is 4.42. The van der Waals surface area contributed by atoms with Crippen LogP contribution in [0.15, 0.2) is 18.3 Å². The molecule has 1 saturated heterocycles. The van der Waals surface area contributed by atoms with Crippen LogP contribution in [0.2, 0.25) is 0 Å². The van der Waals surface area contributed by atoms with Gasteiger partial charge in [-0.3, -0.25) is 0 Å². The molecular weight excluding hydrogens is 226 g/mol. The zero-order chi connectivity index (χ0) is 12.6. The molecule has 2 rings (SSSR count). The molecule has 2 N–H and O–H groups in total. The van der Waals surface area contributed by atoms with Crippen LogP contribution in [0.5, 0.6) is 0 Å². The summed E-state index contributed by atoms with van der Waals surface area (Å²) < 4.78 is 0. The lowest BCUT2D eigenvalue weighted by molar-refractivity contribution is 0.240. The number of nitriles is 1. The van der Waals surface area contributed by atoms with Crippen molar-refractivity contribution in [3.63, 3.8) is 0 Å². The number of aromatic nitrogens is 1. The first-order chi connectivity index (χ1) is 8.88. The van der Waals surface area contributed by atoms with Crippen LogP contribution in [0.25, 0.3) is 0 Å². The Balaban J connectivity index is 1.63. The standard InChI is InChI=1S/C13H19N5/c14-10-12-2-3-13(11-17-12)16-4-1-7-18-8-5-15-6-9-18/h2-3,11,15-16H,1,4-9H2. The Kier molecular flexibility index (Phi) is 4.94. The second-order valence-corrected chi connectivity index (χ2v) is 4.42. The van der Waals surface area contributed by atoms with E-state index in [1.54, 1.807) is 12.3 Å². The molecular formula is C13H19N5. The highest BCUT2D eigenvalue weighted by Gasteiger charge is 2.07. The van der Waals surface area contributed by atoms with Crippen molar-refractivity contribution >= 4 is 5.69 Å². The molecule has 1 aliphatic heterocycles. The van der Waals surface area contributed by atoms with E-state index in [0.717, 1.165) is 51.4 Å². The molecule has 5 heteroatoms. The third-order valence-corrected chi connectivity index (χ3v) is 3.07. The van der Waals surface area contributed by atoms with E-state index in [0.29, 0.717) is 5.69 Å². The lowest BCUT2D eigenvalue weighted by Gasteiger charge is -2.27. The molecule has 96 valence electrons. The van der Waals surface area contributed by atoms with Gasteiger partial charge in [0.1, 0.15) is 11.8 Å². The SMILES string of the molecule is N#Cc1ccc(NCCCN2CCNCC2)cn1. The molecule has 0 aromatic carbocycles. The van der Waals surface area contributed by atoms with Crippen LogP contribution in [0.4, 0.5) is 5.69 Å². The normalized spacial score (nSPS) is 16.2. The molecule has 0 spiro atoms. The lowest BCUT2D eigenvalue weighted by atomic mass is 10.3. The maximum Gasteiger partial charge on any atom is 0.140 e. The van der Waals surface area contributed by atoms with Crippen molar-refractivity contribution in [1.29, 1.82) is 5.26 Å². The number of pyridine rings is 1. The molecule has 0 bridgehead atoms. The molecule has 0 aliphatic carbocycles. The van der Waals surface area contributed by atoms with Gasteiger partial charge < -0.3 is 15.5 Å². The zero-order valence-corrected chi connectivity index (χ0v) is 10.5. The molecule has 0 unspecified atom stereocenters. The summed E-state index contributed by atoms with van der Waals surface area (Å²) in [4.78, 5) is 6.50. The smallest absolute Gasteiger partial charge is 0.140 e. The van der Waals surface area contributed by atoms with Crippen LogP contribution in [-0.4, -0.2) is 49.2 Å². The summed E-state index contributed by atoms with van der Waals surface area (Å²) in [5, 5.41) is 15.3. The van der Waals surface area contributed by atoms with Gasteiger partial charge in [-0.15, -0.1) is 0 Å². The number of anilines is 1. The summed E-state index contributed by atoms with van der Waals surface area (Å²) >= 11 is 0. The predicted molar refractivity (Wildman–Crippen MR) is 71.4 cm³/mol. The van der Waals surface area contributed by atoms with Crippen LogP contribution in [0.3, 0.4) is 0 Å². The Morgan fingerprint density at radius 3 is 2.89 bits per heavy atom. The molecule has 1 aromatic heterocycles. The van der Waals surface area contributed by atoms with Crippen molar-refractivity contribution in [2.24, 2.45) is 0 Å². The first kappa shape index (κ1) is 12.8. The van der Waals surface area contributed by atoms with E-state index in [1.807, 2.05) is 12.1 Å². The molecule has 0 amide bonds. The fraction of sp³-hybridized carbons (Fsp3) is 0.538. The fourth-order valence-electron chi connectivity index (χ4n) is 2.03. The van der Waals surface area contributed by atoms with Crippen LogP contribution in [-0.2, 0) is 0 Å². The van der Waals surface area contributed by atoms with Crippen molar-refractivity contribution < 1.29 is 0 Å². The lowest BCUT2D eigenvalue weighted by Crippen LogP contribution is -2.44. The maximum atomic E-state index is 8.64. The highest BCUT2D eigenvalue weighted by molar-refractivity contribution is 5.42. The van der Waals surface area contributed by atoms with Gasteiger partial charge >= 0.3 is 0 Å². The Morgan fingerprint density at radius 2 is 2.22 bits per heavy atom. The number of hydrogen-bond donors (Lipinski definition) is 2. The minimum absolute atomic E-state index is 0.460. The highest BCUT2D eigenvalue weighted by Crippen LogP contribution is 2.05. The molecule has 1 aromatic rings. The van der Waals surface area contributed by atoms with Gasteiger partial charge in [0.15, 0.2) is 0 Å². The van der Waals surface area contributed by atoms with Gasteiger partial charge in [0, 0.05) is 32.7 Å². The van der Waals surface area contributed by atoms with E-state index in [-0.39, 0.29) is 0 Å². The average molecular weight is 245 g/mol. The summed E-state index contributed by atoms with van der Waals surface area (Å²) in [5.74, 6) is 0. The van der Waals surface area contributed by atoms with Gasteiger partial charge in [0.2, 0.25) is 0 Å². The summed E-state index contributed by atoms with van der Waals surface area (Å²) in [7, 11) is 0. The van der Waals surface area contributed by atoms with Crippen LogP contribution in [0.1, 0.15) is 12.1 Å². The van der Waals surface area contributed by atoms with Gasteiger partial charge in [0.05, 0.1) is 11.9 Å². The van der Waals surface area contributed by atoms with Crippen molar-refractivity contribution in [3.05, 3.63) is 24.0 Å². The number of nitrogens with one attached hydrogen (secondary N) is 2. The first-order valence-electron chi connectivity index (χ1n) is 6.41. The van der Waals surface area contributed by atoms with Gasteiger partial charge in [0.25, 0.3) is 0 Å². The highest BCUT2D eigenvalue weighted by atomic mass is 15.2. The Bertz CT molecular complexity index is 389. The number of nitrogens with zero attached hydrogens (tertiary/aromatic N) is 3. The number of hydrogen-bond acceptors (Lipinski definition) is 5. The molecule has 0 atom stereocenters. The summed E-state index contributed by atoms with van der Waals surface area (Å²) in [6.45, 7) is 6.59. The Labute approximate surface area is 108 Å². The van der Waals surface area contributed by atoms with Gasteiger partial charge in [-0.25, -0.2) is 4.98 Å². The molecule has 0 radical (unpaired) electrons. The van der Waals surface area contributed by atoms with E-state index < -0.39 is 0 Å². The van der Waals surface area contributed by atoms with Gasteiger partial charge in [-0.1, -0.05) is 0 Å². The molecule has 5 nitrogen and oxygen atoms in total. The minimum Gasteiger partial charge on any atom is -0.384 e. The third-order valence-electron chi connectivity index (χ3n) is 3.07. The quantitative estimate of drug-likeness (QED) is 0.746. The molecule has 2 heterocycles. The van der Waals surface area contributed by atoms with E-state index in [4.69, 9.17) is 5.26 Å². The van der Waals surface area contributed by atoms with Gasteiger partial charge in [-0.05, 0) is 25.1 Å². The number of piperazine rings is 1. The number of rotatable bonds is 5. The predicted octanol–water partition coefficient (Wildman–Crippen LogP) is 0.660. The molecule has 1 fully saturated rings. The second kappa shape index (κ2) is 6.94. The van der Waals surface area contributed by atoms with Crippen molar-refractivity contribution in [2.75, 3.05) is 44.6 Å². The van der Waals surface area contributed by atoms with Crippen molar-refractivity contribution in [1.82, 2.24) is 15.2 Å². The molecule has 0 saturated carbocycles. The average Bonchev–Trinajstić information content (AvgIpc) is 2.45. The van der Waals surface area contributed by atoms with Crippen LogP contribution >= 0.6 is 0 Å². The summed E-state index contributed by atoms with van der Waals surface area (Å²) in [6.07, 6.45) is 2.84. The Hall–Kier alpha value is -1.64. The van der Waals surface area contributed by atoms with Crippen LogP contribution < -0.4 is 10.6 Å². The zero-order valence-electron chi connectivity index (χ0n) is 10.5. The topological polar surface area (TPSA) is 64.0 Å². The van der Waals surface area contributed by atoms with Crippen molar-refractivity contribution in [3.8, 4) is 6.07 Å². The molecule has 18 heavy (non-hydrogen) atoms. The Morgan fingerprint density at radius 1 is 1.39 bits per heavy atom. The largest absolute Gasteiger partial charge is 0.384 e. The van der Waals surface area contributed by atoms with E-state index in [9.17, 15) is 0 Å². The first-order valence-corrected chi connectivity index (χ1v) is 6.41. The maximum absolute atomic E-state index is 8.64. The van der Waals surface area contributed by atoms with Crippen LogP contribution in [0, 0.1) is 11.3 Å².